The van der Waals surface area contributed by atoms with E-state index in [0.29, 0.717) is 5.82 Å². The summed E-state index contributed by atoms with van der Waals surface area (Å²) < 4.78 is 0. The maximum atomic E-state index is 5.40. The smallest absolute Gasteiger partial charge is 0.191 e. The van der Waals surface area contributed by atoms with Crippen molar-refractivity contribution in [2.24, 2.45) is 5.84 Å². The van der Waals surface area contributed by atoms with Gasteiger partial charge in [-0.15, -0.1) is 0 Å². The van der Waals surface area contributed by atoms with E-state index in [4.69, 9.17) is 5.84 Å². The topological polar surface area (TPSA) is 67.1 Å². The summed E-state index contributed by atoms with van der Waals surface area (Å²) in [5, 5.41) is 0.753. The fourth-order valence-electron chi connectivity index (χ4n) is 1.53. The summed E-state index contributed by atoms with van der Waals surface area (Å²) in [6.45, 7) is 2.08. The molecule has 0 aromatic carbocycles. The second-order valence-corrected chi connectivity index (χ2v) is 5.34. The van der Waals surface area contributed by atoms with Crippen molar-refractivity contribution in [3.63, 3.8) is 0 Å². The highest BCUT2D eigenvalue weighted by Gasteiger charge is 2.14. The predicted molar refractivity (Wildman–Crippen MR) is 71.2 cm³/mol. The van der Waals surface area contributed by atoms with Gasteiger partial charge >= 0.3 is 0 Å². The summed E-state index contributed by atoms with van der Waals surface area (Å²) in [6, 6.07) is 1.90. The van der Waals surface area contributed by atoms with E-state index >= 15 is 0 Å². The number of anilines is 2. The molecule has 0 bridgehead atoms. The van der Waals surface area contributed by atoms with Crippen LogP contribution in [-0.4, -0.2) is 40.8 Å². The van der Waals surface area contributed by atoms with Crippen molar-refractivity contribution >= 4 is 35.2 Å². The molecule has 0 amide bonds. The summed E-state index contributed by atoms with van der Waals surface area (Å²) in [7, 11) is 0. The highest BCUT2D eigenvalue weighted by atomic mass is 32.2. The van der Waals surface area contributed by atoms with Crippen LogP contribution in [-0.2, 0) is 0 Å². The Bertz CT molecular complexity index is 332. The van der Waals surface area contributed by atoms with Crippen molar-refractivity contribution in [2.75, 3.05) is 41.2 Å². The van der Waals surface area contributed by atoms with Gasteiger partial charge in [0.2, 0.25) is 0 Å². The van der Waals surface area contributed by atoms with Crippen LogP contribution in [0.25, 0.3) is 0 Å². The average Bonchev–Trinajstić information content (AvgIpc) is 2.39. The van der Waals surface area contributed by atoms with E-state index in [2.05, 4.69) is 20.3 Å². The molecule has 0 atom stereocenters. The van der Waals surface area contributed by atoms with Gasteiger partial charge in [0.15, 0.2) is 5.16 Å². The Kier molecular flexibility index (Phi) is 4.14. The molecule has 3 N–H and O–H groups in total. The number of aromatic nitrogens is 2. The van der Waals surface area contributed by atoms with Crippen LogP contribution < -0.4 is 16.2 Å². The van der Waals surface area contributed by atoms with E-state index in [9.17, 15) is 0 Å². The number of rotatable bonds is 3. The third kappa shape index (κ3) is 2.72. The number of thioether (sulfide) groups is 2. The number of nitrogens with zero attached hydrogens (tertiary/aromatic N) is 3. The lowest BCUT2D eigenvalue weighted by Crippen LogP contribution is -2.33. The van der Waals surface area contributed by atoms with Gasteiger partial charge in [0.1, 0.15) is 11.6 Å². The zero-order chi connectivity index (χ0) is 11.4. The normalized spacial score (nSPS) is 16.2. The van der Waals surface area contributed by atoms with Crippen molar-refractivity contribution in [2.45, 2.75) is 5.16 Å². The van der Waals surface area contributed by atoms with E-state index in [1.807, 2.05) is 24.1 Å². The monoisotopic (exact) mass is 257 g/mol. The molecule has 2 heterocycles. The fourth-order valence-corrected chi connectivity index (χ4v) is 2.81. The highest BCUT2D eigenvalue weighted by Crippen LogP contribution is 2.22. The lowest BCUT2D eigenvalue weighted by Gasteiger charge is -2.27. The van der Waals surface area contributed by atoms with Gasteiger partial charge in [-0.05, 0) is 6.26 Å². The SMILES string of the molecule is CSc1nc(NN)cc(N2CCSCC2)n1. The van der Waals surface area contributed by atoms with Gasteiger partial charge in [-0.1, -0.05) is 11.8 Å². The molecule has 1 saturated heterocycles. The second kappa shape index (κ2) is 5.60. The van der Waals surface area contributed by atoms with E-state index < -0.39 is 0 Å². The minimum absolute atomic E-state index is 0.674. The first kappa shape index (κ1) is 11.8. The molecule has 88 valence electrons. The molecular formula is C9H15N5S2. The van der Waals surface area contributed by atoms with Gasteiger partial charge in [0.25, 0.3) is 0 Å². The van der Waals surface area contributed by atoms with Gasteiger partial charge in [-0.2, -0.15) is 11.8 Å². The third-order valence-corrected chi connectivity index (χ3v) is 3.85. The van der Waals surface area contributed by atoms with Gasteiger partial charge in [0.05, 0.1) is 0 Å². The van der Waals surface area contributed by atoms with Gasteiger partial charge in [-0.25, -0.2) is 15.8 Å². The average molecular weight is 257 g/mol. The number of hydrogen-bond donors (Lipinski definition) is 2. The van der Waals surface area contributed by atoms with Crippen molar-refractivity contribution in [3.05, 3.63) is 6.07 Å². The van der Waals surface area contributed by atoms with Crippen molar-refractivity contribution in [1.82, 2.24) is 9.97 Å². The maximum absolute atomic E-state index is 5.40. The summed E-state index contributed by atoms with van der Waals surface area (Å²) >= 11 is 3.51. The molecule has 0 aliphatic carbocycles. The minimum Gasteiger partial charge on any atom is -0.355 e. The summed E-state index contributed by atoms with van der Waals surface area (Å²) in [5.41, 5.74) is 2.58. The van der Waals surface area contributed by atoms with E-state index in [0.717, 1.165) is 35.6 Å². The Balaban J connectivity index is 2.24. The minimum atomic E-state index is 0.674. The van der Waals surface area contributed by atoms with Crippen molar-refractivity contribution in [1.29, 1.82) is 0 Å². The highest BCUT2D eigenvalue weighted by molar-refractivity contribution is 7.99. The molecule has 2 rings (SSSR count). The summed E-state index contributed by atoms with van der Waals surface area (Å²) in [4.78, 5) is 11.0. The first-order valence-electron chi connectivity index (χ1n) is 5.06. The summed E-state index contributed by atoms with van der Waals surface area (Å²) in [5.74, 6) is 9.35. The Morgan fingerprint density at radius 2 is 2.19 bits per heavy atom. The predicted octanol–water partition coefficient (Wildman–Crippen LogP) is 1.04. The number of hydrazine groups is 1. The van der Waals surface area contributed by atoms with Crippen LogP contribution in [0.15, 0.2) is 11.2 Å². The summed E-state index contributed by atoms with van der Waals surface area (Å²) in [6.07, 6.45) is 1.96. The third-order valence-electron chi connectivity index (χ3n) is 2.36. The second-order valence-electron chi connectivity index (χ2n) is 3.34. The molecule has 1 aliphatic heterocycles. The van der Waals surface area contributed by atoms with Crippen LogP contribution in [0.4, 0.5) is 11.6 Å². The van der Waals surface area contributed by atoms with Crippen molar-refractivity contribution in [3.8, 4) is 0 Å². The molecule has 0 unspecified atom stereocenters. The van der Waals surface area contributed by atoms with Crippen LogP contribution in [0.1, 0.15) is 0 Å². The van der Waals surface area contributed by atoms with Gasteiger partial charge in [0, 0.05) is 30.7 Å². The van der Waals surface area contributed by atoms with E-state index in [-0.39, 0.29) is 0 Å². The van der Waals surface area contributed by atoms with Crippen LogP contribution in [0.5, 0.6) is 0 Å². The van der Waals surface area contributed by atoms with E-state index in [1.165, 1.54) is 11.8 Å². The number of nitrogen functional groups attached to an aromatic ring is 1. The molecular weight excluding hydrogens is 242 g/mol. The van der Waals surface area contributed by atoms with E-state index in [1.54, 1.807) is 0 Å². The Hall–Kier alpha value is -0.660. The molecule has 1 fully saturated rings. The van der Waals surface area contributed by atoms with Crippen LogP contribution in [0.3, 0.4) is 0 Å². The Morgan fingerprint density at radius 1 is 1.44 bits per heavy atom. The molecule has 1 aliphatic rings. The standard InChI is InChI=1S/C9H15N5S2/c1-15-9-11-7(13-10)6-8(12-9)14-2-4-16-5-3-14/h6H,2-5,10H2,1H3,(H,11,12,13). The molecule has 7 heteroatoms. The fraction of sp³-hybridized carbons (Fsp3) is 0.556. The molecule has 16 heavy (non-hydrogen) atoms. The zero-order valence-corrected chi connectivity index (χ0v) is 10.8. The number of nitrogens with one attached hydrogen (secondary N) is 1. The molecule has 1 aromatic rings. The van der Waals surface area contributed by atoms with Crippen LogP contribution in [0, 0.1) is 0 Å². The largest absolute Gasteiger partial charge is 0.355 e. The van der Waals surface area contributed by atoms with Gasteiger partial charge < -0.3 is 10.3 Å². The van der Waals surface area contributed by atoms with Crippen molar-refractivity contribution < 1.29 is 0 Å². The zero-order valence-electron chi connectivity index (χ0n) is 9.14. The molecule has 0 spiro atoms. The lowest BCUT2D eigenvalue weighted by atomic mass is 10.4. The molecule has 5 nitrogen and oxygen atoms in total. The first-order chi connectivity index (χ1) is 7.83. The Labute approximate surface area is 104 Å². The first-order valence-corrected chi connectivity index (χ1v) is 7.44. The number of hydrogen-bond acceptors (Lipinski definition) is 7. The molecule has 0 radical (unpaired) electrons. The molecule has 0 saturated carbocycles. The van der Waals surface area contributed by atoms with Gasteiger partial charge in [-0.3, -0.25) is 0 Å². The maximum Gasteiger partial charge on any atom is 0.191 e. The van der Waals surface area contributed by atoms with Crippen LogP contribution in [0.2, 0.25) is 0 Å². The quantitative estimate of drug-likeness (QED) is 0.363. The Morgan fingerprint density at radius 3 is 2.81 bits per heavy atom. The van der Waals surface area contributed by atoms with Crippen LogP contribution >= 0.6 is 23.5 Å². The lowest BCUT2D eigenvalue weighted by molar-refractivity contribution is 0.814. The molecule has 1 aromatic heterocycles. The number of nitrogens with two attached hydrogens (primary N) is 1.